The van der Waals surface area contributed by atoms with Gasteiger partial charge < -0.3 is 16.0 Å². The van der Waals surface area contributed by atoms with Gasteiger partial charge in [0.15, 0.2) is 5.65 Å². The monoisotopic (exact) mass is 749 g/mol. The third-order valence-electron chi connectivity index (χ3n) is 9.85. The minimum absolute atomic E-state index is 0.0349. The van der Waals surface area contributed by atoms with Gasteiger partial charge in [-0.15, -0.1) is 0 Å². The minimum Gasteiger partial charge on any atom is -0.384 e. The van der Waals surface area contributed by atoms with Gasteiger partial charge in [0.1, 0.15) is 41.5 Å². The summed E-state index contributed by atoms with van der Waals surface area (Å²) in [4.78, 5) is 82.2. The molecule has 280 valence electrons. The fourth-order valence-corrected chi connectivity index (χ4v) is 7.15. The molecule has 4 N–H and O–H groups in total. The van der Waals surface area contributed by atoms with Crippen LogP contribution < -0.4 is 21.3 Å². The van der Waals surface area contributed by atoms with Gasteiger partial charge in [0.25, 0.3) is 11.8 Å². The van der Waals surface area contributed by atoms with Crippen molar-refractivity contribution in [3.63, 3.8) is 0 Å². The zero-order valence-corrected chi connectivity index (χ0v) is 30.3. The molecule has 0 spiro atoms. The number of nitrogens with one attached hydrogen (secondary N) is 4. The number of nitrogens with zero attached hydrogens (tertiary/aromatic N) is 5. The van der Waals surface area contributed by atoms with Crippen LogP contribution in [-0.4, -0.2) is 68.9 Å². The van der Waals surface area contributed by atoms with Crippen molar-refractivity contribution >= 4 is 63.6 Å². The predicted molar refractivity (Wildman–Crippen MR) is 204 cm³/mol. The van der Waals surface area contributed by atoms with E-state index in [1.165, 1.54) is 6.07 Å². The first-order chi connectivity index (χ1) is 27.1. The molecular weight excluding hydrogens is 715 g/mol. The molecule has 1 unspecified atom stereocenters. The number of benzene rings is 3. The summed E-state index contributed by atoms with van der Waals surface area (Å²) in [7, 11) is 0. The fraction of sp³-hybridized carbons (Fsp3) is 0.244. The average molecular weight is 750 g/mol. The number of piperidine rings is 1. The largest absolute Gasteiger partial charge is 0.384 e. The molecule has 4 heterocycles. The highest BCUT2D eigenvalue weighted by atomic mass is 16.2. The van der Waals surface area contributed by atoms with Gasteiger partial charge in [-0.25, -0.2) is 4.98 Å². The van der Waals surface area contributed by atoms with E-state index in [9.17, 15) is 39.3 Å². The highest BCUT2D eigenvalue weighted by Crippen LogP contribution is 2.37. The van der Waals surface area contributed by atoms with Crippen LogP contribution in [0.5, 0.6) is 0 Å². The van der Waals surface area contributed by atoms with Crippen LogP contribution in [0, 0.1) is 29.6 Å². The van der Waals surface area contributed by atoms with Crippen LogP contribution in [0.15, 0.2) is 66.7 Å². The summed E-state index contributed by atoms with van der Waals surface area (Å²) in [6.45, 7) is 2.68. The number of fused-ring (bicyclic) bond motifs is 4. The normalized spacial score (nSPS) is 15.0. The molecule has 1 fully saturated rings. The second kappa shape index (κ2) is 15.5. The standard InChI is InChI=1S/C41H35N9O6/c1-23-12-14-24(15-13-23)35-26(21-42)37-46-28-9-3-4-11-30(28)49(37)38(27(35)22-43)47-34(53)20-33(52)45-19-6-2-5-18-44-29-10-7-8-25-36(29)41(56)50(40(25)55)31-16-17-32(51)48-39(31)54/h3-4,7-15,31,44H,2,5-6,16-20H2,1H3,(H,45,52)(H,47,53)(H,48,51,54). The zero-order valence-electron chi connectivity index (χ0n) is 30.3. The van der Waals surface area contributed by atoms with Crippen molar-refractivity contribution in [2.75, 3.05) is 23.7 Å². The van der Waals surface area contributed by atoms with Gasteiger partial charge in [0, 0.05) is 30.8 Å². The van der Waals surface area contributed by atoms with E-state index in [2.05, 4.69) is 38.4 Å². The maximum absolute atomic E-state index is 13.3. The van der Waals surface area contributed by atoms with E-state index in [0.717, 1.165) is 10.5 Å². The number of hydrogen-bond acceptors (Lipinski definition) is 10. The van der Waals surface area contributed by atoms with E-state index in [1.54, 1.807) is 52.9 Å². The number of rotatable bonds is 12. The maximum Gasteiger partial charge on any atom is 0.264 e. The molecule has 7 rings (SSSR count). The number of imidazole rings is 1. The molecule has 1 saturated heterocycles. The predicted octanol–water partition coefficient (Wildman–Crippen LogP) is 4.33. The zero-order chi connectivity index (χ0) is 39.5. The van der Waals surface area contributed by atoms with Crippen LogP contribution in [-0.2, 0) is 19.2 Å². The fourth-order valence-electron chi connectivity index (χ4n) is 7.15. The molecule has 3 aromatic carbocycles. The second-order valence-electron chi connectivity index (χ2n) is 13.6. The Kier molecular flexibility index (Phi) is 10.2. The number of unbranched alkanes of at least 4 members (excludes halogenated alkanes) is 2. The van der Waals surface area contributed by atoms with Crippen LogP contribution in [0.1, 0.15) is 75.9 Å². The number of pyridine rings is 1. The number of carbonyl (C=O) groups excluding carboxylic acids is 6. The van der Waals surface area contributed by atoms with Crippen LogP contribution in [0.3, 0.4) is 0 Å². The molecule has 6 amide bonds. The van der Waals surface area contributed by atoms with Gasteiger partial charge in [-0.2, -0.15) is 10.5 Å². The molecule has 0 saturated carbocycles. The van der Waals surface area contributed by atoms with Crippen molar-refractivity contribution in [2.45, 2.75) is 51.5 Å². The number of nitriles is 2. The molecule has 5 aromatic rings. The Bertz CT molecular complexity index is 2560. The summed E-state index contributed by atoms with van der Waals surface area (Å²) >= 11 is 0. The lowest BCUT2D eigenvalue weighted by Crippen LogP contribution is -2.54. The van der Waals surface area contributed by atoms with E-state index >= 15 is 0 Å². The highest BCUT2D eigenvalue weighted by Gasteiger charge is 2.45. The van der Waals surface area contributed by atoms with E-state index in [0.29, 0.717) is 60.2 Å². The Balaban J connectivity index is 0.951. The molecule has 15 nitrogen and oxygen atoms in total. The quantitative estimate of drug-likeness (QED) is 0.0804. The smallest absolute Gasteiger partial charge is 0.264 e. The number of amides is 6. The summed E-state index contributed by atoms with van der Waals surface area (Å²) in [5, 5.41) is 31.6. The van der Waals surface area contributed by atoms with Crippen molar-refractivity contribution in [1.82, 2.24) is 24.9 Å². The number of carbonyl (C=O) groups is 6. The first-order valence-electron chi connectivity index (χ1n) is 18.1. The summed E-state index contributed by atoms with van der Waals surface area (Å²) < 4.78 is 1.57. The maximum atomic E-state index is 13.3. The van der Waals surface area contributed by atoms with Gasteiger partial charge in [-0.3, -0.25) is 43.4 Å². The summed E-state index contributed by atoms with van der Waals surface area (Å²) in [5.41, 5.74) is 4.41. The highest BCUT2D eigenvalue weighted by molar-refractivity contribution is 6.25. The second-order valence-corrected chi connectivity index (χ2v) is 13.6. The third-order valence-corrected chi connectivity index (χ3v) is 9.85. The number of aryl methyl sites for hydroxylation is 1. The van der Waals surface area contributed by atoms with Crippen LogP contribution >= 0.6 is 0 Å². The van der Waals surface area contributed by atoms with E-state index in [-0.39, 0.29) is 46.6 Å². The molecule has 2 aromatic heterocycles. The lowest BCUT2D eigenvalue weighted by atomic mass is 9.95. The molecule has 56 heavy (non-hydrogen) atoms. The van der Waals surface area contributed by atoms with Crippen LogP contribution in [0.25, 0.3) is 27.8 Å². The Labute approximate surface area is 320 Å². The van der Waals surface area contributed by atoms with Crippen molar-refractivity contribution in [3.05, 3.63) is 94.5 Å². The molecule has 2 aliphatic heterocycles. The summed E-state index contributed by atoms with van der Waals surface area (Å²) in [6.07, 6.45) is 1.54. The first kappa shape index (κ1) is 36.9. The number of hydrogen-bond donors (Lipinski definition) is 4. The molecule has 1 atom stereocenters. The van der Waals surface area contributed by atoms with E-state index in [4.69, 9.17) is 0 Å². The van der Waals surface area contributed by atoms with Gasteiger partial charge in [0.2, 0.25) is 23.6 Å². The van der Waals surface area contributed by atoms with E-state index in [1.807, 2.05) is 19.1 Å². The molecule has 0 radical (unpaired) electrons. The van der Waals surface area contributed by atoms with Crippen LogP contribution in [0.4, 0.5) is 11.5 Å². The molecule has 15 heteroatoms. The van der Waals surface area contributed by atoms with Crippen molar-refractivity contribution < 1.29 is 28.8 Å². The van der Waals surface area contributed by atoms with Gasteiger partial charge in [-0.1, -0.05) is 48.0 Å². The van der Waals surface area contributed by atoms with Gasteiger partial charge in [-0.05, 0) is 62.4 Å². The summed E-state index contributed by atoms with van der Waals surface area (Å²) in [6, 6.07) is 22.7. The number of aromatic nitrogens is 2. The SMILES string of the molecule is Cc1ccc(-c2c(C#N)c(NC(=O)CC(=O)NCCCCCNc3cccc4c3C(=O)N(C3CCC(=O)NC3=O)C4=O)n3c(nc4ccccc43)c2C#N)cc1. The lowest BCUT2D eigenvalue weighted by Gasteiger charge is -2.27. The number of para-hydroxylation sites is 2. The van der Waals surface area contributed by atoms with Gasteiger partial charge >= 0.3 is 0 Å². The Morgan fingerprint density at radius 2 is 1.61 bits per heavy atom. The Morgan fingerprint density at radius 3 is 2.36 bits per heavy atom. The third kappa shape index (κ3) is 6.89. The van der Waals surface area contributed by atoms with Crippen molar-refractivity contribution in [2.24, 2.45) is 0 Å². The molecule has 0 aliphatic carbocycles. The molecular formula is C41H35N9O6. The number of anilines is 2. The van der Waals surface area contributed by atoms with Crippen molar-refractivity contribution in [1.29, 1.82) is 10.5 Å². The summed E-state index contributed by atoms with van der Waals surface area (Å²) in [5.74, 6) is -3.34. The Morgan fingerprint density at radius 1 is 0.857 bits per heavy atom. The molecule has 2 aliphatic rings. The van der Waals surface area contributed by atoms with Crippen LogP contribution in [0.2, 0.25) is 0 Å². The average Bonchev–Trinajstić information content (AvgIpc) is 3.69. The van der Waals surface area contributed by atoms with Gasteiger partial charge in [0.05, 0.1) is 22.2 Å². The topological polar surface area (TPSA) is 219 Å². The van der Waals surface area contributed by atoms with E-state index < -0.39 is 47.9 Å². The first-order valence-corrected chi connectivity index (χ1v) is 18.1. The Hall–Kier alpha value is -7.39. The lowest BCUT2D eigenvalue weighted by molar-refractivity contribution is -0.136. The minimum atomic E-state index is -1.05. The van der Waals surface area contributed by atoms with Crippen molar-refractivity contribution in [3.8, 4) is 23.3 Å². The molecule has 0 bridgehead atoms. The number of imide groups is 2.